The van der Waals surface area contributed by atoms with Crippen molar-refractivity contribution < 1.29 is 19.1 Å². The SMILES string of the molecule is Cc1ccccc1NC(=O)Cc1nc(COC(=O)C2CCN(C(=O)C(C)(C)C)CC2)cs1. The summed E-state index contributed by atoms with van der Waals surface area (Å²) >= 11 is 1.38. The number of carbonyl (C=O) groups excluding carboxylic acids is 3. The van der Waals surface area contributed by atoms with E-state index in [2.05, 4.69) is 10.3 Å². The molecule has 1 aliphatic heterocycles. The number of hydrogen-bond donors (Lipinski definition) is 1. The van der Waals surface area contributed by atoms with Crippen molar-refractivity contribution in [3.05, 3.63) is 45.9 Å². The van der Waals surface area contributed by atoms with E-state index in [-0.39, 0.29) is 36.7 Å². The minimum Gasteiger partial charge on any atom is -0.459 e. The van der Waals surface area contributed by atoms with Gasteiger partial charge in [0.15, 0.2) is 0 Å². The highest BCUT2D eigenvalue weighted by Gasteiger charge is 2.33. The first-order valence-electron chi connectivity index (χ1n) is 10.9. The average Bonchev–Trinajstić information content (AvgIpc) is 3.19. The molecule has 1 saturated heterocycles. The van der Waals surface area contributed by atoms with Crippen LogP contribution in [-0.4, -0.2) is 40.8 Å². The van der Waals surface area contributed by atoms with Crippen molar-refractivity contribution in [2.45, 2.75) is 53.6 Å². The number of nitrogens with one attached hydrogen (secondary N) is 1. The fraction of sp³-hybridized carbons (Fsp3) is 0.500. The Morgan fingerprint density at radius 3 is 2.53 bits per heavy atom. The van der Waals surface area contributed by atoms with E-state index in [1.165, 1.54) is 11.3 Å². The van der Waals surface area contributed by atoms with Crippen LogP contribution in [0.15, 0.2) is 29.6 Å². The summed E-state index contributed by atoms with van der Waals surface area (Å²) in [5.41, 5.74) is 2.02. The number of ether oxygens (including phenoxy) is 1. The molecule has 8 heteroatoms. The zero-order valence-electron chi connectivity index (χ0n) is 19.1. The van der Waals surface area contributed by atoms with E-state index in [1.54, 1.807) is 0 Å². The van der Waals surface area contributed by atoms with Crippen LogP contribution in [0.25, 0.3) is 0 Å². The lowest BCUT2D eigenvalue weighted by molar-refractivity contribution is -0.154. The minimum absolute atomic E-state index is 0.0931. The van der Waals surface area contributed by atoms with Crippen molar-refractivity contribution in [2.24, 2.45) is 11.3 Å². The van der Waals surface area contributed by atoms with Crippen LogP contribution >= 0.6 is 11.3 Å². The Hall–Kier alpha value is -2.74. The Morgan fingerprint density at radius 1 is 1.19 bits per heavy atom. The average molecular weight is 458 g/mol. The third-order valence-electron chi connectivity index (χ3n) is 5.45. The molecule has 0 saturated carbocycles. The molecule has 1 N–H and O–H groups in total. The minimum atomic E-state index is -0.410. The Balaban J connectivity index is 1.43. The number of aromatic nitrogens is 1. The van der Waals surface area contributed by atoms with Crippen LogP contribution in [0.5, 0.6) is 0 Å². The summed E-state index contributed by atoms with van der Waals surface area (Å²) in [5, 5.41) is 5.39. The van der Waals surface area contributed by atoms with Crippen molar-refractivity contribution in [3.63, 3.8) is 0 Å². The van der Waals surface area contributed by atoms with Crippen LogP contribution in [0.3, 0.4) is 0 Å². The zero-order chi connectivity index (χ0) is 23.3. The van der Waals surface area contributed by atoms with E-state index in [4.69, 9.17) is 4.74 Å². The molecule has 0 radical (unpaired) electrons. The highest BCUT2D eigenvalue weighted by molar-refractivity contribution is 7.09. The van der Waals surface area contributed by atoms with Crippen LogP contribution in [0.2, 0.25) is 0 Å². The summed E-state index contributed by atoms with van der Waals surface area (Å²) in [6.07, 6.45) is 1.40. The monoisotopic (exact) mass is 457 g/mol. The van der Waals surface area contributed by atoms with Crippen LogP contribution in [0.1, 0.15) is 49.9 Å². The molecule has 32 heavy (non-hydrogen) atoms. The first kappa shape index (κ1) is 23.9. The summed E-state index contributed by atoms with van der Waals surface area (Å²) in [6, 6.07) is 7.61. The first-order chi connectivity index (χ1) is 15.1. The highest BCUT2D eigenvalue weighted by atomic mass is 32.1. The van der Waals surface area contributed by atoms with E-state index in [9.17, 15) is 14.4 Å². The van der Waals surface area contributed by atoms with Crippen molar-refractivity contribution in [2.75, 3.05) is 18.4 Å². The molecule has 0 aliphatic carbocycles. The molecule has 172 valence electrons. The first-order valence-corrected chi connectivity index (χ1v) is 11.8. The number of likely N-dealkylation sites (tertiary alicyclic amines) is 1. The van der Waals surface area contributed by atoms with Crippen molar-refractivity contribution in [1.82, 2.24) is 9.88 Å². The fourth-order valence-electron chi connectivity index (χ4n) is 3.60. The third-order valence-corrected chi connectivity index (χ3v) is 6.35. The summed E-state index contributed by atoms with van der Waals surface area (Å²) in [4.78, 5) is 43.4. The van der Waals surface area contributed by atoms with Crippen LogP contribution < -0.4 is 5.32 Å². The number of amides is 2. The fourth-order valence-corrected chi connectivity index (χ4v) is 4.37. The van der Waals surface area contributed by atoms with Gasteiger partial charge in [-0.1, -0.05) is 39.0 Å². The normalized spacial score (nSPS) is 14.8. The Kier molecular flexibility index (Phi) is 7.66. The van der Waals surface area contributed by atoms with Gasteiger partial charge in [0.25, 0.3) is 0 Å². The largest absolute Gasteiger partial charge is 0.459 e. The van der Waals surface area contributed by atoms with Gasteiger partial charge in [-0.2, -0.15) is 0 Å². The second-order valence-electron chi connectivity index (χ2n) is 9.20. The summed E-state index contributed by atoms with van der Waals surface area (Å²) in [6.45, 7) is 8.91. The number of benzene rings is 1. The van der Waals surface area contributed by atoms with Gasteiger partial charge in [-0.05, 0) is 31.4 Å². The molecular formula is C24H31N3O4S. The summed E-state index contributed by atoms with van der Waals surface area (Å²) in [7, 11) is 0. The van der Waals surface area contributed by atoms with Crippen LogP contribution in [-0.2, 0) is 32.1 Å². The highest BCUT2D eigenvalue weighted by Crippen LogP contribution is 2.24. The van der Waals surface area contributed by atoms with E-state index in [0.29, 0.717) is 36.6 Å². The smallest absolute Gasteiger partial charge is 0.309 e. The van der Waals surface area contributed by atoms with Gasteiger partial charge in [0, 0.05) is 29.6 Å². The number of carbonyl (C=O) groups is 3. The molecule has 7 nitrogen and oxygen atoms in total. The molecule has 3 rings (SSSR count). The van der Waals surface area contributed by atoms with Gasteiger partial charge in [-0.25, -0.2) is 4.98 Å². The quantitative estimate of drug-likeness (QED) is 0.664. The van der Waals surface area contributed by atoms with E-state index in [0.717, 1.165) is 11.3 Å². The molecule has 2 heterocycles. The lowest BCUT2D eigenvalue weighted by Gasteiger charge is -2.34. The number of hydrogen-bond acceptors (Lipinski definition) is 6. The molecule has 1 aliphatic rings. The molecule has 0 atom stereocenters. The number of para-hydroxylation sites is 1. The van der Waals surface area contributed by atoms with E-state index in [1.807, 2.05) is 62.2 Å². The molecule has 1 aromatic heterocycles. The van der Waals surface area contributed by atoms with Crippen LogP contribution in [0, 0.1) is 18.3 Å². The lowest BCUT2D eigenvalue weighted by atomic mass is 9.91. The molecule has 0 bridgehead atoms. The van der Waals surface area contributed by atoms with Gasteiger partial charge in [-0.15, -0.1) is 11.3 Å². The standard InChI is InChI=1S/C24H31N3O4S/c1-16-7-5-6-8-19(16)26-20(28)13-21-25-18(15-32-21)14-31-22(29)17-9-11-27(12-10-17)23(30)24(2,3)4/h5-8,15,17H,9-14H2,1-4H3,(H,26,28). The second kappa shape index (κ2) is 10.3. The van der Waals surface area contributed by atoms with Gasteiger partial charge in [0.2, 0.25) is 11.8 Å². The number of anilines is 1. The molecule has 0 spiro atoms. The molecular weight excluding hydrogens is 426 g/mol. The maximum Gasteiger partial charge on any atom is 0.309 e. The van der Waals surface area contributed by atoms with Crippen molar-refractivity contribution >= 4 is 34.8 Å². The maximum atomic E-state index is 12.5. The van der Waals surface area contributed by atoms with Gasteiger partial charge in [-0.3, -0.25) is 14.4 Å². The Morgan fingerprint density at radius 2 is 1.88 bits per heavy atom. The predicted molar refractivity (Wildman–Crippen MR) is 124 cm³/mol. The Bertz CT molecular complexity index is 972. The molecule has 1 aromatic carbocycles. The maximum absolute atomic E-state index is 12.5. The van der Waals surface area contributed by atoms with Gasteiger partial charge < -0.3 is 15.0 Å². The van der Waals surface area contributed by atoms with E-state index < -0.39 is 5.41 Å². The van der Waals surface area contributed by atoms with Gasteiger partial charge in [0.1, 0.15) is 11.6 Å². The summed E-state index contributed by atoms with van der Waals surface area (Å²) in [5.74, 6) is -0.462. The zero-order valence-corrected chi connectivity index (χ0v) is 20.0. The van der Waals surface area contributed by atoms with Gasteiger partial charge in [0.05, 0.1) is 18.0 Å². The molecule has 1 fully saturated rings. The van der Waals surface area contributed by atoms with Crippen LogP contribution in [0.4, 0.5) is 5.69 Å². The van der Waals surface area contributed by atoms with Gasteiger partial charge >= 0.3 is 5.97 Å². The third kappa shape index (κ3) is 6.38. The number of esters is 1. The molecule has 0 unspecified atom stereocenters. The predicted octanol–water partition coefficient (Wildman–Crippen LogP) is 3.96. The number of piperidine rings is 1. The summed E-state index contributed by atoms with van der Waals surface area (Å²) < 4.78 is 5.46. The molecule has 2 aromatic rings. The molecule has 2 amide bonds. The number of rotatable bonds is 6. The number of aryl methyl sites for hydroxylation is 1. The second-order valence-corrected chi connectivity index (χ2v) is 10.1. The lowest BCUT2D eigenvalue weighted by Crippen LogP contribution is -2.45. The Labute approximate surface area is 193 Å². The van der Waals surface area contributed by atoms with Crippen molar-refractivity contribution in [1.29, 1.82) is 0 Å². The number of thiazole rings is 1. The van der Waals surface area contributed by atoms with E-state index >= 15 is 0 Å². The van der Waals surface area contributed by atoms with Crippen molar-refractivity contribution in [3.8, 4) is 0 Å². The number of nitrogens with zero attached hydrogens (tertiary/aromatic N) is 2. The topological polar surface area (TPSA) is 88.6 Å².